The van der Waals surface area contributed by atoms with Crippen molar-refractivity contribution in [2.75, 3.05) is 19.8 Å². The molecule has 1 unspecified atom stereocenters. The standard InChI is InChI=1S/C18H27NO4/c1-12(2)8-9-22-17(20)13(3)10-19-18(21)23-11-16-14-6-4-5-7-15(14)16/h12-16H,6-11H2,1-3H3,(H,19,21)/t13?,14-,15+,16-. The normalized spacial score (nSPS) is 25.7. The van der Waals surface area contributed by atoms with Gasteiger partial charge >= 0.3 is 12.1 Å². The van der Waals surface area contributed by atoms with Crippen LogP contribution in [-0.4, -0.2) is 31.8 Å². The van der Waals surface area contributed by atoms with E-state index in [1.54, 1.807) is 6.92 Å². The summed E-state index contributed by atoms with van der Waals surface area (Å²) in [6.07, 6.45) is 2.25. The van der Waals surface area contributed by atoms with Gasteiger partial charge in [0.05, 0.1) is 19.1 Å². The Hall–Kier alpha value is -1.70. The second-order valence-corrected chi connectivity index (χ2v) is 6.98. The highest BCUT2D eigenvalue weighted by Gasteiger charge is 2.50. The third kappa shape index (κ3) is 5.46. The van der Waals surface area contributed by atoms with Crippen LogP contribution in [0, 0.1) is 41.4 Å². The predicted octanol–water partition coefficient (Wildman–Crippen LogP) is 2.60. The molecule has 0 bridgehead atoms. The maximum absolute atomic E-state index is 11.8. The molecule has 1 N–H and O–H groups in total. The van der Waals surface area contributed by atoms with Gasteiger partial charge in [0.15, 0.2) is 0 Å². The summed E-state index contributed by atoms with van der Waals surface area (Å²) >= 11 is 0. The molecular formula is C18H27NO4. The summed E-state index contributed by atoms with van der Waals surface area (Å²) in [5.74, 6) is 7.74. The van der Waals surface area contributed by atoms with Crippen molar-refractivity contribution < 1.29 is 19.1 Å². The van der Waals surface area contributed by atoms with E-state index in [2.05, 4.69) is 31.0 Å². The molecule has 0 heterocycles. The van der Waals surface area contributed by atoms with Gasteiger partial charge in [0.25, 0.3) is 0 Å². The van der Waals surface area contributed by atoms with E-state index in [1.807, 2.05) is 0 Å². The highest BCUT2D eigenvalue weighted by atomic mass is 16.5. The summed E-state index contributed by atoms with van der Waals surface area (Å²) in [6, 6.07) is 0. The van der Waals surface area contributed by atoms with E-state index >= 15 is 0 Å². The topological polar surface area (TPSA) is 64.6 Å². The zero-order chi connectivity index (χ0) is 16.8. The molecule has 2 aliphatic carbocycles. The van der Waals surface area contributed by atoms with Crippen molar-refractivity contribution in [1.82, 2.24) is 5.32 Å². The molecule has 5 nitrogen and oxygen atoms in total. The van der Waals surface area contributed by atoms with E-state index in [4.69, 9.17) is 9.47 Å². The highest BCUT2D eigenvalue weighted by molar-refractivity contribution is 5.73. The quantitative estimate of drug-likeness (QED) is 0.551. The van der Waals surface area contributed by atoms with Gasteiger partial charge in [0.1, 0.15) is 0 Å². The Bertz CT molecular complexity index is 475. The van der Waals surface area contributed by atoms with E-state index in [1.165, 1.54) is 0 Å². The molecule has 0 spiro atoms. The molecule has 1 fully saturated rings. The number of ether oxygens (including phenoxy) is 2. The fourth-order valence-corrected chi connectivity index (χ4v) is 2.84. The van der Waals surface area contributed by atoms with Crippen LogP contribution in [0.25, 0.3) is 0 Å². The summed E-state index contributed by atoms with van der Waals surface area (Å²) in [7, 11) is 0. The average Bonchev–Trinajstić information content (AvgIpc) is 3.23. The molecular weight excluding hydrogens is 294 g/mol. The number of rotatable bonds is 8. The van der Waals surface area contributed by atoms with Crippen LogP contribution in [-0.2, 0) is 14.3 Å². The number of carbonyl (C=O) groups is 2. The Morgan fingerprint density at radius 1 is 1.13 bits per heavy atom. The van der Waals surface area contributed by atoms with Crippen LogP contribution >= 0.6 is 0 Å². The van der Waals surface area contributed by atoms with Crippen molar-refractivity contribution in [2.45, 2.75) is 40.0 Å². The summed E-state index contributed by atoms with van der Waals surface area (Å²) in [5.41, 5.74) is 0. The first-order valence-electron chi connectivity index (χ1n) is 8.52. The molecule has 23 heavy (non-hydrogen) atoms. The van der Waals surface area contributed by atoms with Gasteiger partial charge in [-0.1, -0.05) is 20.8 Å². The first-order chi connectivity index (χ1) is 11.0. The fraction of sp³-hybridized carbons (Fsp3) is 0.778. The molecule has 0 aromatic heterocycles. The number of carbonyl (C=O) groups excluding carboxylic acids is 2. The molecule has 5 heteroatoms. The number of hydrogen-bond donors (Lipinski definition) is 1. The van der Waals surface area contributed by atoms with E-state index in [0.29, 0.717) is 36.9 Å². The zero-order valence-electron chi connectivity index (χ0n) is 14.3. The Balaban J connectivity index is 1.54. The molecule has 128 valence electrons. The number of fused-ring (bicyclic) bond motifs is 1. The lowest BCUT2D eigenvalue weighted by atomic mass is 10.1. The van der Waals surface area contributed by atoms with Gasteiger partial charge < -0.3 is 14.8 Å². The average molecular weight is 321 g/mol. The van der Waals surface area contributed by atoms with Crippen molar-refractivity contribution in [3.63, 3.8) is 0 Å². The molecule has 1 saturated carbocycles. The van der Waals surface area contributed by atoms with Crippen LogP contribution < -0.4 is 5.32 Å². The van der Waals surface area contributed by atoms with Gasteiger partial charge in [-0.2, -0.15) is 0 Å². The van der Waals surface area contributed by atoms with E-state index in [0.717, 1.165) is 19.3 Å². The fourth-order valence-electron chi connectivity index (χ4n) is 2.84. The summed E-state index contributed by atoms with van der Waals surface area (Å²) in [4.78, 5) is 23.5. The van der Waals surface area contributed by atoms with Gasteiger partial charge in [-0.15, -0.1) is 11.8 Å². The maximum Gasteiger partial charge on any atom is 0.407 e. The minimum atomic E-state index is -0.462. The number of hydrogen-bond acceptors (Lipinski definition) is 4. The van der Waals surface area contributed by atoms with Crippen LogP contribution in [0.5, 0.6) is 0 Å². The smallest absolute Gasteiger partial charge is 0.407 e. The summed E-state index contributed by atoms with van der Waals surface area (Å²) in [5, 5.41) is 2.63. The SMILES string of the molecule is CC(C)CCOC(=O)C(C)CNC(=O)OC[C@@H]1[C@@H]2CC#CC[C@@H]21. The van der Waals surface area contributed by atoms with E-state index in [9.17, 15) is 9.59 Å². The van der Waals surface area contributed by atoms with Gasteiger partial charge in [0, 0.05) is 25.3 Å². The second-order valence-electron chi connectivity index (χ2n) is 6.98. The number of amides is 1. The largest absolute Gasteiger partial charge is 0.465 e. The molecule has 2 aliphatic rings. The van der Waals surface area contributed by atoms with Gasteiger partial charge in [0.2, 0.25) is 0 Å². The van der Waals surface area contributed by atoms with Gasteiger partial charge in [-0.05, 0) is 24.2 Å². The molecule has 0 aromatic rings. The second kappa shape index (κ2) is 8.24. The lowest BCUT2D eigenvalue weighted by Crippen LogP contribution is -2.33. The minimum Gasteiger partial charge on any atom is -0.465 e. The third-order valence-electron chi connectivity index (χ3n) is 4.61. The van der Waals surface area contributed by atoms with Gasteiger partial charge in [-0.3, -0.25) is 4.79 Å². The molecule has 0 saturated heterocycles. The van der Waals surface area contributed by atoms with Crippen molar-refractivity contribution in [3.8, 4) is 11.8 Å². The predicted molar refractivity (Wildman–Crippen MR) is 86.4 cm³/mol. The Labute approximate surface area is 138 Å². The van der Waals surface area contributed by atoms with Gasteiger partial charge in [-0.25, -0.2) is 4.79 Å². The maximum atomic E-state index is 11.8. The molecule has 2 rings (SSSR count). The first kappa shape index (κ1) is 17.7. The van der Waals surface area contributed by atoms with Crippen molar-refractivity contribution in [2.24, 2.45) is 29.6 Å². The molecule has 0 aromatic carbocycles. The van der Waals surface area contributed by atoms with Crippen LogP contribution in [0.4, 0.5) is 4.79 Å². The molecule has 4 atom stereocenters. The molecule has 0 radical (unpaired) electrons. The van der Waals surface area contributed by atoms with Crippen LogP contribution in [0.1, 0.15) is 40.0 Å². The lowest BCUT2D eigenvalue weighted by Gasteiger charge is -2.13. The van der Waals surface area contributed by atoms with Crippen molar-refractivity contribution in [3.05, 3.63) is 0 Å². The Morgan fingerprint density at radius 3 is 2.39 bits per heavy atom. The monoisotopic (exact) mass is 321 g/mol. The number of nitrogens with one attached hydrogen (secondary N) is 1. The third-order valence-corrected chi connectivity index (χ3v) is 4.61. The highest BCUT2D eigenvalue weighted by Crippen LogP contribution is 2.51. The summed E-state index contributed by atoms with van der Waals surface area (Å²) < 4.78 is 10.4. The zero-order valence-corrected chi connectivity index (χ0v) is 14.3. The van der Waals surface area contributed by atoms with Crippen LogP contribution in [0.2, 0.25) is 0 Å². The summed E-state index contributed by atoms with van der Waals surface area (Å²) in [6.45, 7) is 7.01. The Kier molecular flexibility index (Phi) is 6.32. The van der Waals surface area contributed by atoms with Crippen molar-refractivity contribution in [1.29, 1.82) is 0 Å². The van der Waals surface area contributed by atoms with E-state index in [-0.39, 0.29) is 18.4 Å². The molecule has 0 aliphatic heterocycles. The minimum absolute atomic E-state index is 0.236. The number of esters is 1. The number of alkyl carbamates (subject to hydrolysis) is 1. The van der Waals surface area contributed by atoms with Crippen LogP contribution in [0.15, 0.2) is 0 Å². The van der Waals surface area contributed by atoms with Crippen molar-refractivity contribution >= 4 is 12.1 Å². The first-order valence-corrected chi connectivity index (χ1v) is 8.52. The van der Waals surface area contributed by atoms with E-state index < -0.39 is 6.09 Å². The molecule has 1 amide bonds. The lowest BCUT2D eigenvalue weighted by molar-refractivity contribution is -0.148. The van der Waals surface area contributed by atoms with Crippen LogP contribution in [0.3, 0.4) is 0 Å². The Morgan fingerprint density at radius 2 is 1.78 bits per heavy atom.